The van der Waals surface area contributed by atoms with Gasteiger partial charge in [0, 0.05) is 24.0 Å². The Morgan fingerprint density at radius 2 is 1.90 bits per heavy atom. The minimum absolute atomic E-state index is 0.0604. The van der Waals surface area contributed by atoms with Crippen LogP contribution in [0.4, 0.5) is 0 Å². The second-order valence-corrected chi connectivity index (χ2v) is 9.99. The molecule has 0 radical (unpaired) electrons. The number of methoxy groups -OCH3 is 1. The van der Waals surface area contributed by atoms with Crippen LogP contribution >= 0.6 is 8.58 Å². The zero-order chi connectivity index (χ0) is 22.3. The van der Waals surface area contributed by atoms with E-state index < -0.39 is 0 Å². The Hall–Kier alpha value is -2.38. The fourth-order valence-corrected chi connectivity index (χ4v) is 5.71. The molecule has 0 N–H and O–H groups in total. The van der Waals surface area contributed by atoms with E-state index in [1.807, 2.05) is 37.5 Å². The molecule has 2 atom stereocenters. The first kappa shape index (κ1) is 23.3. The molecule has 0 aromatic heterocycles. The number of ether oxygens (including phenoxy) is 2. The standard InChI is InChI=1S/C27H34NO2P/c1-6-27(3,31-26-20(2)12-10-15-22(26)18-28-4)23-16-11-17-24(29-5)25(23)30-19-21-13-8-7-9-14-21/h7-9,11-14,16-18,31H,6,10,15,19H2,1-5H3. The van der Waals surface area contributed by atoms with Crippen molar-refractivity contribution in [3.05, 3.63) is 82.2 Å². The number of benzene rings is 2. The van der Waals surface area contributed by atoms with Crippen LogP contribution in [-0.4, -0.2) is 20.4 Å². The van der Waals surface area contributed by atoms with E-state index in [2.05, 4.69) is 56.1 Å². The minimum atomic E-state index is -0.0604. The molecule has 0 saturated heterocycles. The molecule has 164 valence electrons. The zero-order valence-electron chi connectivity index (χ0n) is 19.4. The maximum absolute atomic E-state index is 6.41. The Bertz CT molecular complexity index is 978. The molecule has 1 aliphatic rings. The molecule has 0 amide bonds. The number of hydrogen-bond donors (Lipinski definition) is 0. The van der Waals surface area contributed by atoms with Gasteiger partial charge < -0.3 is 9.47 Å². The second kappa shape index (κ2) is 10.8. The smallest absolute Gasteiger partial charge is 0.165 e. The number of hydrogen-bond acceptors (Lipinski definition) is 3. The molecule has 2 aromatic carbocycles. The van der Waals surface area contributed by atoms with E-state index in [0.717, 1.165) is 36.3 Å². The Labute approximate surface area is 189 Å². The third-order valence-corrected chi connectivity index (χ3v) is 8.13. The van der Waals surface area contributed by atoms with Gasteiger partial charge in [0.2, 0.25) is 0 Å². The van der Waals surface area contributed by atoms with Crippen molar-refractivity contribution in [3.8, 4) is 11.5 Å². The second-order valence-electron chi connectivity index (χ2n) is 8.14. The van der Waals surface area contributed by atoms with Gasteiger partial charge in [-0.1, -0.05) is 71.0 Å². The number of nitrogens with zero attached hydrogens (tertiary/aromatic N) is 1. The molecule has 2 aromatic rings. The van der Waals surface area contributed by atoms with Crippen LogP contribution in [0.2, 0.25) is 0 Å². The van der Waals surface area contributed by atoms with Crippen molar-refractivity contribution < 1.29 is 9.47 Å². The first-order valence-electron chi connectivity index (χ1n) is 11.0. The first-order chi connectivity index (χ1) is 15.0. The maximum atomic E-state index is 6.41. The molecular formula is C27H34NO2P. The highest BCUT2D eigenvalue weighted by atomic mass is 31.1. The quantitative estimate of drug-likeness (QED) is 0.306. The fraction of sp³-hybridized carbons (Fsp3) is 0.370. The third kappa shape index (κ3) is 5.46. The number of allylic oxidation sites excluding steroid dienone is 4. The molecule has 3 rings (SSSR count). The van der Waals surface area contributed by atoms with Crippen molar-refractivity contribution in [3.63, 3.8) is 0 Å². The van der Waals surface area contributed by atoms with Crippen LogP contribution in [0.15, 0.2) is 76.1 Å². The number of aliphatic imine (C=N–C) groups is 1. The third-order valence-electron chi connectivity index (χ3n) is 5.99. The van der Waals surface area contributed by atoms with Gasteiger partial charge in [-0.3, -0.25) is 4.99 Å². The van der Waals surface area contributed by atoms with E-state index in [-0.39, 0.29) is 5.16 Å². The van der Waals surface area contributed by atoms with Crippen LogP contribution in [0, 0.1) is 0 Å². The lowest BCUT2D eigenvalue weighted by atomic mass is 9.95. The summed E-state index contributed by atoms with van der Waals surface area (Å²) in [6, 6.07) is 16.6. The van der Waals surface area contributed by atoms with E-state index in [4.69, 9.17) is 9.47 Å². The average Bonchev–Trinajstić information content (AvgIpc) is 2.80. The van der Waals surface area contributed by atoms with Gasteiger partial charge in [-0.05, 0) is 54.3 Å². The summed E-state index contributed by atoms with van der Waals surface area (Å²) in [7, 11) is 4.20. The van der Waals surface area contributed by atoms with Crippen LogP contribution in [0.5, 0.6) is 11.5 Å². The number of rotatable bonds is 9. The summed E-state index contributed by atoms with van der Waals surface area (Å²) in [5.74, 6) is 1.65. The first-order valence-corrected chi connectivity index (χ1v) is 12.0. The fourth-order valence-electron chi connectivity index (χ4n) is 4.00. The summed E-state index contributed by atoms with van der Waals surface area (Å²) < 4.78 is 12.1. The van der Waals surface area contributed by atoms with Gasteiger partial charge in [-0.15, -0.1) is 0 Å². The highest BCUT2D eigenvalue weighted by Gasteiger charge is 2.32. The van der Waals surface area contributed by atoms with E-state index in [9.17, 15) is 0 Å². The van der Waals surface area contributed by atoms with E-state index >= 15 is 0 Å². The predicted molar refractivity (Wildman–Crippen MR) is 134 cm³/mol. The summed E-state index contributed by atoms with van der Waals surface area (Å²) >= 11 is 0. The molecular weight excluding hydrogens is 401 g/mol. The van der Waals surface area contributed by atoms with Gasteiger partial charge in [0.15, 0.2) is 11.5 Å². The van der Waals surface area contributed by atoms with Crippen molar-refractivity contribution in [2.45, 2.75) is 51.8 Å². The lowest BCUT2D eigenvalue weighted by Crippen LogP contribution is -2.18. The normalized spacial score (nSPS) is 16.6. The molecule has 0 heterocycles. The molecule has 0 spiro atoms. The van der Waals surface area contributed by atoms with Crippen LogP contribution < -0.4 is 9.47 Å². The van der Waals surface area contributed by atoms with Crippen molar-refractivity contribution in [2.24, 2.45) is 4.99 Å². The van der Waals surface area contributed by atoms with Gasteiger partial charge in [-0.2, -0.15) is 0 Å². The van der Waals surface area contributed by atoms with E-state index in [0.29, 0.717) is 15.2 Å². The van der Waals surface area contributed by atoms with Gasteiger partial charge in [0.25, 0.3) is 0 Å². The largest absolute Gasteiger partial charge is 0.493 e. The molecule has 4 heteroatoms. The van der Waals surface area contributed by atoms with Crippen molar-refractivity contribution in [1.82, 2.24) is 0 Å². The molecule has 0 fully saturated rings. The van der Waals surface area contributed by atoms with Gasteiger partial charge >= 0.3 is 0 Å². The molecule has 3 nitrogen and oxygen atoms in total. The zero-order valence-corrected chi connectivity index (χ0v) is 20.4. The predicted octanol–water partition coefficient (Wildman–Crippen LogP) is 7.27. The summed E-state index contributed by atoms with van der Waals surface area (Å²) in [6.45, 7) is 7.38. The summed E-state index contributed by atoms with van der Waals surface area (Å²) in [6.07, 6.45) is 7.58. The minimum Gasteiger partial charge on any atom is -0.493 e. The summed E-state index contributed by atoms with van der Waals surface area (Å²) in [4.78, 5) is 4.33. The van der Waals surface area contributed by atoms with Gasteiger partial charge in [0.05, 0.1) is 7.11 Å². The monoisotopic (exact) mass is 435 g/mol. The van der Waals surface area contributed by atoms with Crippen LogP contribution in [0.1, 0.15) is 51.2 Å². The SMILES string of the molecule is CCC(C)(PC1=C(C=NC)CCC=C1C)c1cccc(OC)c1OCc1ccccc1. The van der Waals surface area contributed by atoms with Crippen LogP contribution in [-0.2, 0) is 11.8 Å². The Kier molecular flexibility index (Phi) is 8.09. The molecule has 0 bridgehead atoms. The lowest BCUT2D eigenvalue weighted by molar-refractivity contribution is 0.278. The van der Waals surface area contributed by atoms with E-state index in [1.165, 1.54) is 22.0 Å². The highest BCUT2D eigenvalue weighted by Crippen LogP contribution is 2.56. The molecule has 2 unspecified atom stereocenters. The van der Waals surface area contributed by atoms with Gasteiger partial charge in [-0.25, -0.2) is 0 Å². The molecule has 1 aliphatic carbocycles. The number of para-hydroxylation sites is 1. The molecule has 0 aliphatic heterocycles. The average molecular weight is 436 g/mol. The Morgan fingerprint density at radius 3 is 2.58 bits per heavy atom. The Balaban J connectivity index is 2.01. The van der Waals surface area contributed by atoms with Crippen molar-refractivity contribution in [1.29, 1.82) is 0 Å². The topological polar surface area (TPSA) is 30.8 Å². The molecule has 31 heavy (non-hydrogen) atoms. The van der Waals surface area contributed by atoms with E-state index in [1.54, 1.807) is 7.11 Å². The van der Waals surface area contributed by atoms with Crippen LogP contribution in [0.25, 0.3) is 0 Å². The lowest BCUT2D eigenvalue weighted by Gasteiger charge is -2.34. The van der Waals surface area contributed by atoms with Crippen LogP contribution in [0.3, 0.4) is 0 Å². The van der Waals surface area contributed by atoms with Crippen molar-refractivity contribution in [2.75, 3.05) is 14.2 Å². The summed E-state index contributed by atoms with van der Waals surface area (Å²) in [5.41, 5.74) is 5.11. The highest BCUT2D eigenvalue weighted by molar-refractivity contribution is 7.45. The van der Waals surface area contributed by atoms with Gasteiger partial charge in [0.1, 0.15) is 6.61 Å². The maximum Gasteiger partial charge on any atom is 0.165 e. The molecule has 0 saturated carbocycles. The summed E-state index contributed by atoms with van der Waals surface area (Å²) in [5, 5.41) is 1.38. The van der Waals surface area contributed by atoms with Crippen molar-refractivity contribution >= 4 is 14.8 Å². The Morgan fingerprint density at radius 1 is 1.13 bits per heavy atom.